The van der Waals surface area contributed by atoms with Crippen LogP contribution in [0.3, 0.4) is 0 Å². The Balaban J connectivity index is 1.64. The molecule has 0 aliphatic carbocycles. The maximum Gasteiger partial charge on any atom is 0.193 e. The van der Waals surface area contributed by atoms with Crippen LogP contribution in [-0.2, 0) is 4.74 Å². The van der Waals surface area contributed by atoms with E-state index in [1.807, 2.05) is 7.05 Å². The van der Waals surface area contributed by atoms with E-state index in [1.54, 1.807) is 0 Å². The Labute approximate surface area is 142 Å². The van der Waals surface area contributed by atoms with Gasteiger partial charge in [0.1, 0.15) is 0 Å². The fourth-order valence-electron chi connectivity index (χ4n) is 3.64. The van der Waals surface area contributed by atoms with Gasteiger partial charge in [-0.25, -0.2) is 0 Å². The van der Waals surface area contributed by atoms with Crippen LogP contribution < -0.4 is 5.32 Å². The molecule has 1 unspecified atom stereocenters. The average Bonchev–Trinajstić information content (AvgIpc) is 3.07. The number of hydrogen-bond donors (Lipinski definition) is 1. The number of ether oxygens (including phenoxy) is 1. The van der Waals surface area contributed by atoms with Gasteiger partial charge in [0, 0.05) is 46.9 Å². The predicted octanol–water partition coefficient (Wildman–Crippen LogP) is 2.04. The van der Waals surface area contributed by atoms with Crippen molar-refractivity contribution >= 4 is 5.96 Å². The van der Waals surface area contributed by atoms with Gasteiger partial charge in [-0.15, -0.1) is 0 Å². The molecule has 5 nitrogen and oxygen atoms in total. The van der Waals surface area contributed by atoms with Gasteiger partial charge < -0.3 is 19.9 Å². The molecule has 2 fully saturated rings. The van der Waals surface area contributed by atoms with Gasteiger partial charge in [0.15, 0.2) is 5.96 Å². The quantitative estimate of drug-likeness (QED) is 0.575. The zero-order chi connectivity index (χ0) is 16.5. The van der Waals surface area contributed by atoms with Crippen molar-refractivity contribution in [2.45, 2.75) is 39.0 Å². The van der Waals surface area contributed by atoms with Crippen molar-refractivity contribution in [1.82, 2.24) is 15.1 Å². The Morgan fingerprint density at radius 3 is 2.65 bits per heavy atom. The van der Waals surface area contributed by atoms with Crippen LogP contribution in [0.1, 0.15) is 39.0 Å². The van der Waals surface area contributed by atoms with Crippen LogP contribution in [0.5, 0.6) is 0 Å². The van der Waals surface area contributed by atoms with Crippen LogP contribution in [-0.4, -0.2) is 75.8 Å². The number of likely N-dealkylation sites (tertiary alicyclic amines) is 1. The van der Waals surface area contributed by atoms with Gasteiger partial charge in [-0.05, 0) is 57.0 Å². The lowest BCUT2D eigenvalue weighted by molar-refractivity contribution is 0.0625. The highest BCUT2D eigenvalue weighted by molar-refractivity contribution is 5.79. The summed E-state index contributed by atoms with van der Waals surface area (Å²) in [7, 11) is 4.04. The second-order valence-electron chi connectivity index (χ2n) is 7.31. The number of rotatable bonds is 7. The zero-order valence-electron chi connectivity index (χ0n) is 15.4. The summed E-state index contributed by atoms with van der Waals surface area (Å²) in [4.78, 5) is 9.31. The van der Waals surface area contributed by atoms with E-state index < -0.39 is 0 Å². The van der Waals surface area contributed by atoms with Crippen LogP contribution >= 0.6 is 0 Å². The number of nitrogens with one attached hydrogen (secondary N) is 1. The summed E-state index contributed by atoms with van der Waals surface area (Å²) in [6, 6.07) is 0. The van der Waals surface area contributed by atoms with E-state index in [0.29, 0.717) is 5.92 Å². The van der Waals surface area contributed by atoms with Crippen molar-refractivity contribution in [1.29, 1.82) is 0 Å². The molecule has 134 valence electrons. The molecular formula is C18H36N4O. The fourth-order valence-corrected chi connectivity index (χ4v) is 3.64. The van der Waals surface area contributed by atoms with Gasteiger partial charge in [-0.2, -0.15) is 0 Å². The summed E-state index contributed by atoms with van der Waals surface area (Å²) in [5.41, 5.74) is 0. The summed E-state index contributed by atoms with van der Waals surface area (Å²) in [6.45, 7) is 10.1. The molecule has 0 aromatic rings. The Morgan fingerprint density at radius 2 is 2.00 bits per heavy atom. The highest BCUT2D eigenvalue weighted by atomic mass is 16.5. The van der Waals surface area contributed by atoms with Crippen molar-refractivity contribution in [2.75, 3.05) is 60.0 Å². The second kappa shape index (κ2) is 10.1. The standard InChI is InChI=1S/C18H36N4O/c1-16(15-22-9-4-5-10-22)14-20-18(19-2)21(3)11-6-17-7-12-23-13-8-17/h16-17H,4-15H2,1-3H3,(H,19,20). The first-order chi connectivity index (χ1) is 11.2. The van der Waals surface area contributed by atoms with E-state index in [-0.39, 0.29) is 0 Å². The SMILES string of the molecule is CN=C(NCC(C)CN1CCCC1)N(C)CCC1CCOCC1. The number of guanidine groups is 1. The average molecular weight is 325 g/mol. The summed E-state index contributed by atoms with van der Waals surface area (Å²) in [5, 5.41) is 3.56. The lowest BCUT2D eigenvalue weighted by atomic mass is 9.96. The smallest absolute Gasteiger partial charge is 0.193 e. The van der Waals surface area contributed by atoms with E-state index in [4.69, 9.17) is 4.74 Å². The van der Waals surface area contributed by atoms with Gasteiger partial charge in [-0.1, -0.05) is 6.92 Å². The number of aliphatic imine (C=N–C) groups is 1. The lowest BCUT2D eigenvalue weighted by Crippen LogP contribution is -2.43. The van der Waals surface area contributed by atoms with Gasteiger partial charge in [0.25, 0.3) is 0 Å². The highest BCUT2D eigenvalue weighted by Gasteiger charge is 2.17. The van der Waals surface area contributed by atoms with E-state index in [1.165, 1.54) is 51.7 Å². The minimum atomic E-state index is 0.661. The van der Waals surface area contributed by atoms with E-state index in [9.17, 15) is 0 Å². The molecule has 0 aromatic heterocycles. The van der Waals surface area contributed by atoms with Crippen LogP contribution in [0, 0.1) is 11.8 Å². The van der Waals surface area contributed by atoms with Gasteiger partial charge in [-0.3, -0.25) is 4.99 Å². The minimum Gasteiger partial charge on any atom is -0.381 e. The fraction of sp³-hybridized carbons (Fsp3) is 0.944. The van der Waals surface area contributed by atoms with Crippen molar-refractivity contribution in [3.8, 4) is 0 Å². The van der Waals surface area contributed by atoms with Crippen molar-refractivity contribution in [3.63, 3.8) is 0 Å². The number of nitrogens with zero attached hydrogens (tertiary/aromatic N) is 3. The molecule has 1 atom stereocenters. The third kappa shape index (κ3) is 6.68. The molecule has 2 aliphatic rings. The molecule has 0 amide bonds. The Hall–Kier alpha value is -0.810. The summed E-state index contributed by atoms with van der Waals surface area (Å²) < 4.78 is 5.44. The number of hydrogen-bond acceptors (Lipinski definition) is 3. The van der Waals surface area contributed by atoms with E-state index in [2.05, 4.69) is 34.1 Å². The summed E-state index contributed by atoms with van der Waals surface area (Å²) in [5.74, 6) is 2.51. The van der Waals surface area contributed by atoms with Crippen molar-refractivity contribution in [2.24, 2.45) is 16.8 Å². The molecule has 0 aromatic carbocycles. The maximum atomic E-state index is 5.44. The molecule has 23 heavy (non-hydrogen) atoms. The first kappa shape index (κ1) is 18.5. The first-order valence-electron chi connectivity index (χ1n) is 9.41. The third-order valence-corrected chi connectivity index (χ3v) is 5.16. The molecule has 1 N–H and O–H groups in total. The third-order valence-electron chi connectivity index (χ3n) is 5.16. The molecule has 0 radical (unpaired) electrons. The zero-order valence-corrected chi connectivity index (χ0v) is 15.4. The molecule has 2 aliphatic heterocycles. The predicted molar refractivity (Wildman–Crippen MR) is 97.0 cm³/mol. The van der Waals surface area contributed by atoms with Crippen molar-refractivity contribution in [3.05, 3.63) is 0 Å². The molecule has 0 bridgehead atoms. The molecule has 0 saturated carbocycles. The van der Waals surface area contributed by atoms with Gasteiger partial charge >= 0.3 is 0 Å². The summed E-state index contributed by atoms with van der Waals surface area (Å²) >= 11 is 0. The van der Waals surface area contributed by atoms with Gasteiger partial charge in [0.2, 0.25) is 0 Å². The van der Waals surface area contributed by atoms with Crippen LogP contribution in [0.25, 0.3) is 0 Å². The molecule has 5 heteroatoms. The molecule has 2 rings (SSSR count). The Morgan fingerprint density at radius 1 is 1.30 bits per heavy atom. The lowest BCUT2D eigenvalue weighted by Gasteiger charge is -2.28. The van der Waals surface area contributed by atoms with Crippen LogP contribution in [0.2, 0.25) is 0 Å². The first-order valence-corrected chi connectivity index (χ1v) is 9.41. The maximum absolute atomic E-state index is 5.44. The Kier molecular flexibility index (Phi) is 8.17. The molecule has 0 spiro atoms. The van der Waals surface area contributed by atoms with Gasteiger partial charge in [0.05, 0.1) is 0 Å². The summed E-state index contributed by atoms with van der Waals surface area (Å²) in [6.07, 6.45) is 6.41. The van der Waals surface area contributed by atoms with E-state index >= 15 is 0 Å². The molecule has 2 saturated heterocycles. The van der Waals surface area contributed by atoms with Crippen LogP contribution in [0.15, 0.2) is 4.99 Å². The normalized spacial score (nSPS) is 22.3. The second-order valence-corrected chi connectivity index (χ2v) is 7.31. The highest BCUT2D eigenvalue weighted by Crippen LogP contribution is 2.18. The Bertz CT molecular complexity index is 349. The molecular weight excluding hydrogens is 288 g/mol. The van der Waals surface area contributed by atoms with Crippen LogP contribution in [0.4, 0.5) is 0 Å². The molecule has 2 heterocycles. The van der Waals surface area contributed by atoms with Crippen molar-refractivity contribution < 1.29 is 4.74 Å². The van der Waals surface area contributed by atoms with E-state index in [0.717, 1.165) is 38.2 Å². The largest absolute Gasteiger partial charge is 0.381 e. The topological polar surface area (TPSA) is 40.1 Å². The minimum absolute atomic E-state index is 0.661. The monoisotopic (exact) mass is 324 g/mol.